The molecule has 2 rings (SSSR count). The molecule has 0 radical (unpaired) electrons. The van der Waals surface area contributed by atoms with Gasteiger partial charge in [-0.05, 0) is 23.1 Å². The number of rotatable bonds is 9. The molecule has 142 valence electrons. The van der Waals surface area contributed by atoms with Crippen LogP contribution in [0.25, 0.3) is 0 Å². The van der Waals surface area contributed by atoms with E-state index in [4.69, 9.17) is 9.47 Å². The average Bonchev–Trinajstić information content (AvgIpc) is 3.35. The Morgan fingerprint density at radius 1 is 1.54 bits per heavy atom. The summed E-state index contributed by atoms with van der Waals surface area (Å²) >= 11 is 0. The highest BCUT2D eigenvalue weighted by atomic mass is 16.6. The molecule has 2 unspecified atom stereocenters. The van der Waals surface area contributed by atoms with E-state index in [-0.39, 0.29) is 24.0 Å². The molecule has 26 heavy (non-hydrogen) atoms. The van der Waals surface area contributed by atoms with Gasteiger partial charge in [0.25, 0.3) is 5.91 Å². The third-order valence-corrected chi connectivity index (χ3v) is 4.38. The molecule has 2 aliphatic heterocycles. The van der Waals surface area contributed by atoms with Crippen LogP contribution in [0.3, 0.4) is 0 Å². The fourth-order valence-corrected chi connectivity index (χ4v) is 2.82. The van der Waals surface area contributed by atoms with Crippen LogP contribution in [0, 0.1) is 5.92 Å². The number of amides is 1. The normalized spacial score (nSPS) is 21.5. The van der Waals surface area contributed by atoms with Gasteiger partial charge in [0.2, 0.25) is 0 Å². The number of ether oxygens (including phenoxy) is 2. The molecule has 1 fully saturated rings. The first-order valence-electron chi connectivity index (χ1n) is 8.91. The van der Waals surface area contributed by atoms with Crippen LogP contribution in [0.15, 0.2) is 59.9 Å². The number of allylic oxidation sites excluding steroid dienone is 1. The minimum Gasteiger partial charge on any atom is -0.501 e. The molecule has 2 heterocycles. The van der Waals surface area contributed by atoms with E-state index in [0.29, 0.717) is 24.8 Å². The highest BCUT2D eigenvalue weighted by molar-refractivity contribution is 5.94. The van der Waals surface area contributed by atoms with Crippen LogP contribution in [0.1, 0.15) is 20.3 Å². The first kappa shape index (κ1) is 20.2. The second kappa shape index (κ2) is 9.01. The molecule has 2 aliphatic rings. The lowest BCUT2D eigenvalue weighted by atomic mass is 10.0. The fourth-order valence-electron chi connectivity index (χ4n) is 2.82. The summed E-state index contributed by atoms with van der Waals surface area (Å²) in [5.74, 6) is 0.720. The van der Waals surface area contributed by atoms with Crippen LogP contribution in [0.5, 0.6) is 0 Å². The van der Waals surface area contributed by atoms with Gasteiger partial charge in [-0.2, -0.15) is 0 Å². The van der Waals surface area contributed by atoms with E-state index >= 15 is 0 Å². The lowest BCUT2D eigenvalue weighted by Gasteiger charge is -2.21. The van der Waals surface area contributed by atoms with Gasteiger partial charge in [0.15, 0.2) is 0 Å². The number of hydrogen-bond donors (Lipinski definition) is 1. The van der Waals surface area contributed by atoms with Crippen molar-refractivity contribution in [1.29, 1.82) is 0 Å². The molecule has 0 aromatic carbocycles. The van der Waals surface area contributed by atoms with Crippen molar-refractivity contribution in [2.24, 2.45) is 5.92 Å². The third-order valence-electron chi connectivity index (χ3n) is 4.38. The van der Waals surface area contributed by atoms with Crippen LogP contribution in [0.2, 0.25) is 0 Å². The molecular weight excluding hydrogens is 330 g/mol. The molecular formula is C21H29NO4. The summed E-state index contributed by atoms with van der Waals surface area (Å²) in [4.78, 5) is 14.3. The maximum absolute atomic E-state index is 12.6. The summed E-state index contributed by atoms with van der Waals surface area (Å²) in [6.45, 7) is 13.4. The number of hydrogen-bond acceptors (Lipinski definition) is 4. The fraction of sp³-hybridized carbons (Fsp3) is 0.476. The molecule has 5 nitrogen and oxygen atoms in total. The van der Waals surface area contributed by atoms with Crippen LogP contribution < -0.4 is 0 Å². The van der Waals surface area contributed by atoms with E-state index in [0.717, 1.165) is 17.8 Å². The molecule has 1 saturated heterocycles. The first-order chi connectivity index (χ1) is 12.3. The van der Waals surface area contributed by atoms with Crippen molar-refractivity contribution in [2.45, 2.75) is 32.5 Å². The van der Waals surface area contributed by atoms with Gasteiger partial charge in [0.1, 0.15) is 6.10 Å². The second-order valence-electron chi connectivity index (χ2n) is 6.96. The van der Waals surface area contributed by atoms with Gasteiger partial charge < -0.3 is 19.5 Å². The van der Waals surface area contributed by atoms with Crippen LogP contribution in [-0.2, 0) is 14.3 Å². The van der Waals surface area contributed by atoms with Crippen LogP contribution >= 0.6 is 0 Å². The number of aliphatic hydroxyl groups is 1. The summed E-state index contributed by atoms with van der Waals surface area (Å²) < 4.78 is 10.6. The SMILES string of the molecule is C=C/C(=C\C1=CCN(C(=O)C(=C)C(O)C/C(=C/C(C)C)OC)C1)C1CO1. The molecule has 1 amide bonds. The van der Waals surface area contributed by atoms with Gasteiger partial charge in [-0.25, -0.2) is 0 Å². The molecule has 0 spiro atoms. The predicted molar refractivity (Wildman–Crippen MR) is 102 cm³/mol. The Bertz CT molecular complexity index is 653. The van der Waals surface area contributed by atoms with Crippen molar-refractivity contribution in [3.8, 4) is 0 Å². The number of carbonyl (C=O) groups is 1. The predicted octanol–water partition coefficient (Wildman–Crippen LogP) is 2.76. The topological polar surface area (TPSA) is 62.3 Å². The van der Waals surface area contributed by atoms with Crippen molar-refractivity contribution < 1.29 is 19.4 Å². The zero-order valence-corrected chi connectivity index (χ0v) is 15.9. The van der Waals surface area contributed by atoms with Gasteiger partial charge in [0.05, 0.1) is 25.6 Å². The number of carbonyl (C=O) groups excluding carboxylic acids is 1. The Hall–Kier alpha value is -2.11. The maximum Gasteiger partial charge on any atom is 0.252 e. The van der Waals surface area contributed by atoms with Crippen molar-refractivity contribution >= 4 is 5.91 Å². The smallest absolute Gasteiger partial charge is 0.252 e. The Kier molecular flexibility index (Phi) is 7.00. The monoisotopic (exact) mass is 359 g/mol. The maximum atomic E-state index is 12.6. The Morgan fingerprint density at radius 3 is 2.77 bits per heavy atom. The van der Waals surface area contributed by atoms with Gasteiger partial charge in [-0.3, -0.25) is 4.79 Å². The lowest BCUT2D eigenvalue weighted by Crippen LogP contribution is -2.34. The van der Waals surface area contributed by atoms with E-state index in [1.165, 1.54) is 0 Å². The number of nitrogens with zero attached hydrogens (tertiary/aromatic N) is 1. The average molecular weight is 359 g/mol. The first-order valence-corrected chi connectivity index (χ1v) is 8.91. The number of epoxide rings is 1. The largest absolute Gasteiger partial charge is 0.501 e. The quantitative estimate of drug-likeness (QED) is 0.298. The molecule has 2 atom stereocenters. The zero-order valence-electron chi connectivity index (χ0n) is 15.9. The van der Waals surface area contributed by atoms with Crippen LogP contribution in [0.4, 0.5) is 0 Å². The summed E-state index contributed by atoms with van der Waals surface area (Å²) in [6, 6.07) is 0. The summed E-state index contributed by atoms with van der Waals surface area (Å²) in [5.41, 5.74) is 2.26. The standard InChI is InChI=1S/C21H29NO4/c1-6-17(20-13-26-20)10-16-7-8-22(12-16)21(24)15(4)19(23)11-18(25-5)9-14(2)3/h6-7,9-10,14,19-20,23H,1,4,8,11-13H2,2-3,5H3/b17-10+,18-9-. The highest BCUT2D eigenvalue weighted by Gasteiger charge is 2.28. The Morgan fingerprint density at radius 2 is 2.23 bits per heavy atom. The Labute approximate surface area is 156 Å². The van der Waals surface area contributed by atoms with Crippen molar-refractivity contribution in [1.82, 2.24) is 4.90 Å². The number of methoxy groups -OCH3 is 1. The highest BCUT2D eigenvalue weighted by Crippen LogP contribution is 2.24. The van der Waals surface area contributed by atoms with E-state index in [1.807, 2.05) is 32.1 Å². The third kappa shape index (κ3) is 5.44. The summed E-state index contributed by atoms with van der Waals surface area (Å²) in [7, 11) is 1.56. The van der Waals surface area contributed by atoms with Gasteiger partial charge >= 0.3 is 0 Å². The van der Waals surface area contributed by atoms with Gasteiger partial charge in [0, 0.05) is 25.1 Å². The number of aliphatic hydroxyl groups excluding tert-OH is 1. The van der Waals surface area contributed by atoms with E-state index in [2.05, 4.69) is 13.2 Å². The van der Waals surface area contributed by atoms with Crippen molar-refractivity contribution in [3.05, 3.63) is 59.9 Å². The van der Waals surface area contributed by atoms with E-state index in [1.54, 1.807) is 18.1 Å². The summed E-state index contributed by atoms with van der Waals surface area (Å²) in [6.07, 6.45) is 7.16. The molecule has 5 heteroatoms. The lowest BCUT2D eigenvalue weighted by molar-refractivity contribution is -0.126. The summed E-state index contributed by atoms with van der Waals surface area (Å²) in [5, 5.41) is 10.4. The molecule has 0 saturated carbocycles. The van der Waals surface area contributed by atoms with Crippen molar-refractivity contribution in [2.75, 3.05) is 26.8 Å². The zero-order chi connectivity index (χ0) is 19.3. The minimum absolute atomic E-state index is 0.134. The molecule has 0 aromatic rings. The minimum atomic E-state index is -0.962. The molecule has 0 aromatic heterocycles. The van der Waals surface area contributed by atoms with Gasteiger partial charge in [-0.1, -0.05) is 45.2 Å². The Balaban J connectivity index is 1.93. The second-order valence-corrected chi connectivity index (χ2v) is 6.96. The molecule has 1 N–H and O–H groups in total. The molecule has 0 aliphatic carbocycles. The van der Waals surface area contributed by atoms with Crippen LogP contribution in [-0.4, -0.2) is 54.9 Å². The molecule has 0 bridgehead atoms. The van der Waals surface area contributed by atoms with E-state index in [9.17, 15) is 9.90 Å². The van der Waals surface area contributed by atoms with Crippen molar-refractivity contribution in [3.63, 3.8) is 0 Å². The van der Waals surface area contributed by atoms with E-state index < -0.39 is 6.10 Å². The van der Waals surface area contributed by atoms with Gasteiger partial charge in [-0.15, -0.1) is 0 Å².